The van der Waals surface area contributed by atoms with Gasteiger partial charge in [-0.15, -0.1) is 0 Å². The summed E-state index contributed by atoms with van der Waals surface area (Å²) < 4.78 is 26.5. The highest BCUT2D eigenvalue weighted by Crippen LogP contribution is 2.28. The van der Waals surface area contributed by atoms with Crippen LogP contribution in [0.25, 0.3) is 0 Å². The van der Waals surface area contributed by atoms with Crippen LogP contribution < -0.4 is 0 Å². The summed E-state index contributed by atoms with van der Waals surface area (Å²) in [4.78, 5) is 0. The molecule has 0 aromatic carbocycles. The maximum absolute atomic E-state index is 12.4. The molecule has 0 bridgehead atoms. The Bertz CT molecular complexity index is 270. The monoisotopic (exact) mass is 238 g/mol. The first kappa shape index (κ1) is 9.64. The molecule has 0 unspecified atom stereocenters. The molecule has 1 aromatic rings. The lowest BCUT2D eigenvalue weighted by molar-refractivity contribution is 0.136. The molecule has 68 valence electrons. The van der Waals surface area contributed by atoms with Gasteiger partial charge >= 0.3 is 0 Å². The van der Waals surface area contributed by atoms with Gasteiger partial charge in [0, 0.05) is 6.04 Å². The molecule has 5 heteroatoms. The summed E-state index contributed by atoms with van der Waals surface area (Å²) in [5, 5.41) is 3.83. The SMILES string of the molecule is CC(C)n1ncc(Br)c1C(F)F. The van der Waals surface area contributed by atoms with E-state index in [1.54, 1.807) is 0 Å². The van der Waals surface area contributed by atoms with Crippen molar-refractivity contribution in [2.45, 2.75) is 26.3 Å². The van der Waals surface area contributed by atoms with Crippen molar-refractivity contribution in [1.29, 1.82) is 0 Å². The Kier molecular flexibility index (Phi) is 2.82. The Balaban J connectivity index is 3.12. The van der Waals surface area contributed by atoms with Gasteiger partial charge in [-0.3, -0.25) is 4.68 Å². The number of alkyl halides is 2. The molecule has 0 fully saturated rings. The number of rotatable bonds is 2. The van der Waals surface area contributed by atoms with Crippen LogP contribution in [0.1, 0.15) is 32.0 Å². The van der Waals surface area contributed by atoms with E-state index in [2.05, 4.69) is 21.0 Å². The van der Waals surface area contributed by atoms with Crippen molar-refractivity contribution in [3.8, 4) is 0 Å². The Morgan fingerprint density at radius 2 is 2.08 bits per heavy atom. The van der Waals surface area contributed by atoms with Crippen molar-refractivity contribution < 1.29 is 8.78 Å². The molecule has 0 saturated carbocycles. The van der Waals surface area contributed by atoms with Crippen LogP contribution in [0, 0.1) is 0 Å². The van der Waals surface area contributed by atoms with E-state index in [0.29, 0.717) is 4.47 Å². The molecule has 0 saturated heterocycles. The molecule has 0 spiro atoms. The molecule has 0 radical (unpaired) electrons. The first-order chi connectivity index (χ1) is 5.54. The van der Waals surface area contributed by atoms with E-state index in [4.69, 9.17) is 0 Å². The number of nitrogens with zero attached hydrogens (tertiary/aromatic N) is 2. The molecule has 1 rings (SSSR count). The van der Waals surface area contributed by atoms with Gasteiger partial charge in [0.1, 0.15) is 5.69 Å². The van der Waals surface area contributed by atoms with E-state index in [0.717, 1.165) is 0 Å². The zero-order chi connectivity index (χ0) is 9.30. The number of aromatic nitrogens is 2. The van der Waals surface area contributed by atoms with Crippen LogP contribution in [-0.2, 0) is 0 Å². The van der Waals surface area contributed by atoms with E-state index >= 15 is 0 Å². The van der Waals surface area contributed by atoms with Crippen LogP contribution in [0.15, 0.2) is 10.7 Å². The minimum absolute atomic E-state index is 0.0414. The molecule has 12 heavy (non-hydrogen) atoms. The van der Waals surface area contributed by atoms with Crippen LogP contribution in [0.5, 0.6) is 0 Å². The number of hydrogen-bond donors (Lipinski definition) is 0. The lowest BCUT2D eigenvalue weighted by Crippen LogP contribution is -2.07. The summed E-state index contributed by atoms with van der Waals surface area (Å²) in [5.74, 6) is 0. The lowest BCUT2D eigenvalue weighted by Gasteiger charge is -2.09. The third-order valence-corrected chi connectivity index (χ3v) is 2.09. The maximum atomic E-state index is 12.4. The van der Waals surface area contributed by atoms with Crippen LogP contribution in [0.4, 0.5) is 8.78 Å². The summed E-state index contributed by atoms with van der Waals surface area (Å²) in [6.45, 7) is 3.62. The van der Waals surface area contributed by atoms with Crippen LogP contribution in [-0.4, -0.2) is 9.78 Å². The fraction of sp³-hybridized carbons (Fsp3) is 0.571. The molecule has 2 nitrogen and oxygen atoms in total. The van der Waals surface area contributed by atoms with Gasteiger partial charge in [0.15, 0.2) is 0 Å². The molecule has 0 amide bonds. The van der Waals surface area contributed by atoms with Crippen LogP contribution >= 0.6 is 15.9 Å². The highest BCUT2D eigenvalue weighted by Gasteiger charge is 2.19. The third kappa shape index (κ3) is 1.65. The second-order valence-electron chi connectivity index (χ2n) is 2.72. The highest BCUT2D eigenvalue weighted by molar-refractivity contribution is 9.10. The van der Waals surface area contributed by atoms with Gasteiger partial charge in [-0.1, -0.05) is 0 Å². The van der Waals surface area contributed by atoms with Crippen LogP contribution in [0.3, 0.4) is 0 Å². The maximum Gasteiger partial charge on any atom is 0.281 e. The Morgan fingerprint density at radius 3 is 2.42 bits per heavy atom. The molecule has 0 aliphatic carbocycles. The first-order valence-electron chi connectivity index (χ1n) is 3.55. The summed E-state index contributed by atoms with van der Waals surface area (Å²) >= 11 is 3.02. The molecule has 0 aliphatic heterocycles. The van der Waals surface area contributed by atoms with Gasteiger partial charge in [0.05, 0.1) is 10.7 Å². The summed E-state index contributed by atoms with van der Waals surface area (Å²) in [7, 11) is 0. The number of halogens is 3. The van der Waals surface area contributed by atoms with Crippen molar-refractivity contribution in [2.75, 3.05) is 0 Å². The average Bonchev–Trinajstić information content (AvgIpc) is 2.30. The second kappa shape index (κ2) is 3.51. The molecular weight excluding hydrogens is 230 g/mol. The summed E-state index contributed by atoms with van der Waals surface area (Å²) in [6, 6.07) is -0.0414. The van der Waals surface area contributed by atoms with Crippen molar-refractivity contribution in [2.24, 2.45) is 0 Å². The van der Waals surface area contributed by atoms with Gasteiger partial charge in [0.25, 0.3) is 6.43 Å². The van der Waals surface area contributed by atoms with Gasteiger partial charge < -0.3 is 0 Å². The largest absolute Gasteiger partial charge is 0.281 e. The molecule has 0 atom stereocenters. The highest BCUT2D eigenvalue weighted by atomic mass is 79.9. The van der Waals surface area contributed by atoms with E-state index in [9.17, 15) is 8.78 Å². The minimum Gasteiger partial charge on any atom is -0.260 e. The average molecular weight is 239 g/mol. The van der Waals surface area contributed by atoms with Gasteiger partial charge in [0.2, 0.25) is 0 Å². The molecule has 1 aromatic heterocycles. The van der Waals surface area contributed by atoms with Crippen molar-refractivity contribution in [1.82, 2.24) is 9.78 Å². The third-order valence-electron chi connectivity index (χ3n) is 1.48. The Hall–Kier alpha value is -0.450. The van der Waals surface area contributed by atoms with E-state index in [-0.39, 0.29) is 11.7 Å². The second-order valence-corrected chi connectivity index (χ2v) is 3.57. The van der Waals surface area contributed by atoms with Gasteiger partial charge in [-0.05, 0) is 29.8 Å². The predicted octanol–water partition coefficient (Wildman–Crippen LogP) is 3.16. The zero-order valence-corrected chi connectivity index (χ0v) is 8.35. The fourth-order valence-corrected chi connectivity index (χ4v) is 1.41. The fourth-order valence-electron chi connectivity index (χ4n) is 0.966. The normalized spacial score (nSPS) is 11.6. The first-order valence-corrected chi connectivity index (χ1v) is 4.34. The zero-order valence-electron chi connectivity index (χ0n) is 6.76. The Morgan fingerprint density at radius 1 is 1.50 bits per heavy atom. The summed E-state index contributed by atoms with van der Waals surface area (Å²) in [5.41, 5.74) is -0.0509. The molecule has 1 heterocycles. The molecule has 0 aliphatic rings. The van der Waals surface area contributed by atoms with E-state index in [1.807, 2.05) is 13.8 Å². The standard InChI is InChI=1S/C7H9BrF2N2/c1-4(2)12-6(7(9)10)5(8)3-11-12/h3-4,7H,1-2H3. The molecule has 0 N–H and O–H groups in total. The van der Waals surface area contributed by atoms with Gasteiger partial charge in [-0.25, -0.2) is 8.78 Å². The summed E-state index contributed by atoms with van der Waals surface area (Å²) in [6.07, 6.45) is -1.09. The van der Waals surface area contributed by atoms with E-state index < -0.39 is 6.43 Å². The number of hydrogen-bond acceptors (Lipinski definition) is 1. The van der Waals surface area contributed by atoms with Crippen molar-refractivity contribution >= 4 is 15.9 Å². The predicted molar refractivity (Wildman–Crippen MR) is 45.3 cm³/mol. The van der Waals surface area contributed by atoms with Crippen molar-refractivity contribution in [3.05, 3.63) is 16.4 Å². The topological polar surface area (TPSA) is 17.8 Å². The van der Waals surface area contributed by atoms with Crippen molar-refractivity contribution in [3.63, 3.8) is 0 Å². The van der Waals surface area contributed by atoms with Gasteiger partial charge in [-0.2, -0.15) is 5.10 Å². The van der Waals surface area contributed by atoms with E-state index in [1.165, 1.54) is 10.9 Å². The quantitative estimate of drug-likeness (QED) is 0.774. The minimum atomic E-state index is -2.48. The van der Waals surface area contributed by atoms with Crippen LogP contribution in [0.2, 0.25) is 0 Å². The molecular formula is C7H9BrF2N2. The lowest BCUT2D eigenvalue weighted by atomic mass is 10.3. The Labute approximate surface area is 77.7 Å². The smallest absolute Gasteiger partial charge is 0.260 e.